The van der Waals surface area contributed by atoms with Gasteiger partial charge in [0.2, 0.25) is 0 Å². The van der Waals surface area contributed by atoms with Gasteiger partial charge >= 0.3 is 0 Å². The predicted octanol–water partition coefficient (Wildman–Crippen LogP) is 3.04. The minimum Gasteiger partial charge on any atom is -0.352 e. The number of rotatable bonds is 9. The third kappa shape index (κ3) is 6.65. The van der Waals surface area contributed by atoms with Crippen LogP contribution in [0.4, 0.5) is 10.1 Å². The SMILES string of the molecule is CCN1CCN(CCCNC(=O)c2cc(S(=O)(=O)Nc3ccc(F)cc3)ccc2Cl)CC1. The zero-order valence-electron chi connectivity index (χ0n) is 18.0. The first-order chi connectivity index (χ1) is 15.3. The first-order valence-electron chi connectivity index (χ1n) is 10.6. The molecule has 0 unspecified atom stereocenters. The summed E-state index contributed by atoms with van der Waals surface area (Å²) in [4.78, 5) is 17.3. The van der Waals surface area contributed by atoms with Gasteiger partial charge in [0.25, 0.3) is 15.9 Å². The Morgan fingerprint density at radius 3 is 2.38 bits per heavy atom. The van der Waals surface area contributed by atoms with Crippen molar-refractivity contribution in [2.45, 2.75) is 18.2 Å². The van der Waals surface area contributed by atoms with Crippen LogP contribution >= 0.6 is 11.6 Å². The Kier molecular flexibility index (Phi) is 8.47. The fourth-order valence-electron chi connectivity index (χ4n) is 3.51. The van der Waals surface area contributed by atoms with Crippen molar-refractivity contribution in [2.24, 2.45) is 0 Å². The van der Waals surface area contributed by atoms with Crippen molar-refractivity contribution in [1.82, 2.24) is 15.1 Å². The topological polar surface area (TPSA) is 81.8 Å². The summed E-state index contributed by atoms with van der Waals surface area (Å²) in [7, 11) is -3.97. The Bertz CT molecular complexity index is 1030. The number of hydrogen-bond acceptors (Lipinski definition) is 5. The van der Waals surface area contributed by atoms with Crippen molar-refractivity contribution < 1.29 is 17.6 Å². The number of likely N-dealkylation sites (N-methyl/N-ethyl adjacent to an activating group) is 1. The Balaban J connectivity index is 1.56. The first-order valence-corrected chi connectivity index (χ1v) is 12.5. The predicted molar refractivity (Wildman–Crippen MR) is 124 cm³/mol. The average molecular weight is 483 g/mol. The van der Waals surface area contributed by atoms with Gasteiger partial charge in [0, 0.05) is 38.4 Å². The summed E-state index contributed by atoms with van der Waals surface area (Å²) in [5, 5.41) is 2.98. The van der Waals surface area contributed by atoms with E-state index in [4.69, 9.17) is 11.6 Å². The van der Waals surface area contributed by atoms with Gasteiger partial charge in [0.1, 0.15) is 5.82 Å². The van der Waals surface area contributed by atoms with Crippen LogP contribution in [0.1, 0.15) is 23.7 Å². The minimum atomic E-state index is -3.97. The molecule has 0 saturated carbocycles. The molecule has 1 heterocycles. The number of benzene rings is 2. The molecular weight excluding hydrogens is 455 g/mol. The molecule has 3 rings (SSSR count). The van der Waals surface area contributed by atoms with Gasteiger partial charge in [-0.25, -0.2) is 12.8 Å². The molecule has 1 amide bonds. The van der Waals surface area contributed by atoms with Crippen LogP contribution < -0.4 is 10.0 Å². The van der Waals surface area contributed by atoms with Crippen molar-refractivity contribution >= 4 is 33.2 Å². The molecule has 2 N–H and O–H groups in total. The van der Waals surface area contributed by atoms with Gasteiger partial charge in [-0.05, 0) is 62.0 Å². The summed E-state index contributed by atoms with van der Waals surface area (Å²) in [6.45, 7) is 8.75. The van der Waals surface area contributed by atoms with Crippen LogP contribution in [0.2, 0.25) is 5.02 Å². The van der Waals surface area contributed by atoms with Crippen molar-refractivity contribution in [2.75, 3.05) is 50.5 Å². The third-order valence-electron chi connectivity index (χ3n) is 5.44. The molecule has 1 aliphatic heterocycles. The largest absolute Gasteiger partial charge is 0.352 e. The molecule has 1 aliphatic rings. The van der Waals surface area contributed by atoms with Gasteiger partial charge in [0.15, 0.2) is 0 Å². The van der Waals surface area contributed by atoms with Crippen LogP contribution in [0.25, 0.3) is 0 Å². The van der Waals surface area contributed by atoms with Crippen LogP contribution in [0.3, 0.4) is 0 Å². The number of hydrogen-bond donors (Lipinski definition) is 2. The van der Waals surface area contributed by atoms with Crippen molar-refractivity contribution in [3.63, 3.8) is 0 Å². The van der Waals surface area contributed by atoms with Crippen molar-refractivity contribution in [3.05, 3.63) is 58.9 Å². The second kappa shape index (κ2) is 11.1. The first kappa shape index (κ1) is 24.4. The van der Waals surface area contributed by atoms with Crippen LogP contribution in [0.5, 0.6) is 0 Å². The average Bonchev–Trinajstić information content (AvgIpc) is 2.78. The molecule has 0 radical (unpaired) electrons. The maximum absolute atomic E-state index is 13.1. The van der Waals surface area contributed by atoms with E-state index in [9.17, 15) is 17.6 Å². The lowest BCUT2D eigenvalue weighted by molar-refractivity contribution is 0.0948. The lowest BCUT2D eigenvalue weighted by Gasteiger charge is -2.33. The smallest absolute Gasteiger partial charge is 0.261 e. The van der Waals surface area contributed by atoms with Gasteiger partial charge in [0.05, 0.1) is 15.5 Å². The highest BCUT2D eigenvalue weighted by molar-refractivity contribution is 7.92. The minimum absolute atomic E-state index is 0.0882. The van der Waals surface area contributed by atoms with E-state index in [0.717, 1.165) is 57.8 Å². The van der Waals surface area contributed by atoms with Gasteiger partial charge in [-0.1, -0.05) is 18.5 Å². The number of carbonyl (C=O) groups excluding carboxylic acids is 1. The Hall–Kier alpha value is -2.20. The monoisotopic (exact) mass is 482 g/mol. The van der Waals surface area contributed by atoms with Gasteiger partial charge < -0.3 is 15.1 Å². The highest BCUT2D eigenvalue weighted by Crippen LogP contribution is 2.23. The highest BCUT2D eigenvalue weighted by Gasteiger charge is 2.19. The molecule has 2 aromatic rings. The Labute approximate surface area is 193 Å². The van der Waals surface area contributed by atoms with E-state index in [1.165, 1.54) is 30.3 Å². The van der Waals surface area contributed by atoms with Crippen LogP contribution in [-0.4, -0.2) is 69.9 Å². The number of carbonyl (C=O) groups is 1. The number of halogens is 2. The molecular formula is C22H28ClFN4O3S. The van der Waals surface area contributed by atoms with E-state index < -0.39 is 21.7 Å². The van der Waals surface area contributed by atoms with Crippen LogP contribution in [0, 0.1) is 5.82 Å². The van der Waals surface area contributed by atoms with Gasteiger partial charge in [-0.2, -0.15) is 0 Å². The number of anilines is 1. The molecule has 1 fully saturated rings. The third-order valence-corrected chi connectivity index (χ3v) is 7.15. The number of sulfonamides is 1. The number of amides is 1. The highest BCUT2D eigenvalue weighted by atomic mass is 35.5. The molecule has 1 saturated heterocycles. The molecule has 10 heteroatoms. The normalized spacial score (nSPS) is 15.5. The number of nitrogens with one attached hydrogen (secondary N) is 2. The molecule has 0 atom stereocenters. The second-order valence-electron chi connectivity index (χ2n) is 7.64. The summed E-state index contributed by atoms with van der Waals surface area (Å²) in [6.07, 6.45) is 0.791. The van der Waals surface area contributed by atoms with E-state index >= 15 is 0 Å². The summed E-state index contributed by atoms with van der Waals surface area (Å²) in [5.41, 5.74) is 0.303. The molecule has 32 heavy (non-hydrogen) atoms. The van der Waals surface area contributed by atoms with Crippen LogP contribution in [-0.2, 0) is 10.0 Å². The lowest BCUT2D eigenvalue weighted by atomic mass is 10.2. The van der Waals surface area contributed by atoms with E-state index in [-0.39, 0.29) is 21.2 Å². The molecule has 174 valence electrons. The summed E-state index contributed by atoms with van der Waals surface area (Å²) < 4.78 is 40.7. The molecule has 0 bridgehead atoms. The van der Waals surface area contributed by atoms with E-state index in [2.05, 4.69) is 26.8 Å². The summed E-state index contributed by atoms with van der Waals surface area (Å²) in [6, 6.07) is 8.89. The van der Waals surface area contributed by atoms with E-state index in [1.54, 1.807) is 0 Å². The molecule has 2 aromatic carbocycles. The second-order valence-corrected chi connectivity index (χ2v) is 9.73. The van der Waals surface area contributed by atoms with E-state index in [0.29, 0.717) is 6.54 Å². The molecule has 0 spiro atoms. The maximum Gasteiger partial charge on any atom is 0.261 e. The van der Waals surface area contributed by atoms with Crippen molar-refractivity contribution in [1.29, 1.82) is 0 Å². The molecule has 7 nitrogen and oxygen atoms in total. The van der Waals surface area contributed by atoms with Gasteiger partial charge in [-0.15, -0.1) is 0 Å². The lowest BCUT2D eigenvalue weighted by Crippen LogP contribution is -2.46. The zero-order valence-corrected chi connectivity index (χ0v) is 19.6. The van der Waals surface area contributed by atoms with Crippen molar-refractivity contribution in [3.8, 4) is 0 Å². The summed E-state index contributed by atoms with van der Waals surface area (Å²) >= 11 is 6.15. The molecule has 0 aromatic heterocycles. The van der Waals surface area contributed by atoms with Gasteiger partial charge in [-0.3, -0.25) is 9.52 Å². The maximum atomic E-state index is 13.1. The number of nitrogens with zero attached hydrogens (tertiary/aromatic N) is 2. The number of piperazine rings is 1. The quantitative estimate of drug-likeness (QED) is 0.537. The Morgan fingerprint density at radius 1 is 1.06 bits per heavy atom. The Morgan fingerprint density at radius 2 is 1.72 bits per heavy atom. The summed E-state index contributed by atoms with van der Waals surface area (Å²) in [5.74, 6) is -0.897. The zero-order chi connectivity index (χ0) is 23.1. The fourth-order valence-corrected chi connectivity index (χ4v) is 4.79. The fraction of sp³-hybridized carbons (Fsp3) is 0.409. The molecule has 0 aliphatic carbocycles. The van der Waals surface area contributed by atoms with Crippen LogP contribution in [0.15, 0.2) is 47.4 Å². The standard InChI is InChI=1S/C22H28ClFN4O3S/c1-2-27-12-14-28(15-13-27)11-3-10-25-22(29)20-16-19(8-9-21(20)23)32(30,31)26-18-6-4-17(24)5-7-18/h4-9,16,26H,2-3,10-15H2,1H3,(H,25,29). The van der Waals surface area contributed by atoms with E-state index in [1.807, 2.05) is 0 Å².